The maximum Gasteiger partial charge on any atom is 0.0638 e. The van der Waals surface area contributed by atoms with Crippen LogP contribution < -0.4 is 5.32 Å². The molecule has 1 N–H and O–H groups in total. The molecule has 0 spiro atoms. The second-order valence-electron chi connectivity index (χ2n) is 4.64. The highest BCUT2D eigenvalue weighted by Crippen LogP contribution is 2.46. The molecule has 2 rings (SSSR count). The van der Waals surface area contributed by atoms with Gasteiger partial charge in [0.25, 0.3) is 0 Å². The quantitative estimate of drug-likeness (QED) is 0.875. The van der Waals surface area contributed by atoms with Crippen molar-refractivity contribution >= 4 is 11.8 Å². The molecule has 16 heavy (non-hydrogen) atoms. The zero-order valence-corrected chi connectivity index (χ0v) is 11.2. The molecule has 0 aliphatic carbocycles. The molecule has 1 aromatic heterocycles. The molecular weight excluding hydrogens is 218 g/mol. The minimum atomic E-state index is 0.323. The number of hydrogen-bond donors (Lipinski definition) is 1. The summed E-state index contributed by atoms with van der Waals surface area (Å²) in [6.45, 7) is 5.56. The fourth-order valence-electron chi connectivity index (χ4n) is 2.53. The molecule has 1 saturated heterocycles. The zero-order chi connectivity index (χ0) is 11.6. The van der Waals surface area contributed by atoms with E-state index in [0.29, 0.717) is 10.8 Å². The van der Waals surface area contributed by atoms with Crippen LogP contribution in [0.1, 0.15) is 38.4 Å². The molecule has 1 aliphatic heterocycles. The van der Waals surface area contributed by atoms with E-state index in [2.05, 4.69) is 42.1 Å². The van der Waals surface area contributed by atoms with Crippen molar-refractivity contribution in [1.82, 2.24) is 15.1 Å². The lowest BCUT2D eigenvalue weighted by atomic mass is 9.93. The van der Waals surface area contributed by atoms with Crippen LogP contribution in [0.4, 0.5) is 0 Å². The maximum atomic E-state index is 4.29. The smallest absolute Gasteiger partial charge is 0.0638 e. The van der Waals surface area contributed by atoms with Crippen LogP contribution >= 0.6 is 11.8 Å². The van der Waals surface area contributed by atoms with Crippen molar-refractivity contribution in [2.24, 2.45) is 7.05 Å². The first-order chi connectivity index (χ1) is 7.67. The highest BCUT2D eigenvalue weighted by atomic mass is 32.2. The van der Waals surface area contributed by atoms with E-state index in [4.69, 9.17) is 0 Å². The number of aryl methyl sites for hydroxylation is 1. The van der Waals surface area contributed by atoms with E-state index in [1.165, 1.54) is 24.3 Å². The maximum absolute atomic E-state index is 4.29. The molecule has 0 bridgehead atoms. The van der Waals surface area contributed by atoms with Crippen LogP contribution in [-0.4, -0.2) is 26.8 Å². The Morgan fingerprint density at radius 2 is 2.50 bits per heavy atom. The lowest BCUT2D eigenvalue weighted by Gasteiger charge is -2.34. The molecule has 1 fully saturated rings. The fourth-order valence-corrected chi connectivity index (χ4v) is 3.95. The van der Waals surface area contributed by atoms with Crippen molar-refractivity contribution in [2.45, 2.75) is 37.5 Å². The van der Waals surface area contributed by atoms with Crippen molar-refractivity contribution in [2.75, 3.05) is 12.3 Å². The van der Waals surface area contributed by atoms with E-state index in [-0.39, 0.29) is 0 Å². The normalized spacial score (nSPS) is 27.2. The van der Waals surface area contributed by atoms with Crippen molar-refractivity contribution in [3.63, 3.8) is 0 Å². The second kappa shape index (κ2) is 4.80. The molecule has 1 aromatic rings. The predicted molar refractivity (Wildman–Crippen MR) is 69.7 cm³/mol. The van der Waals surface area contributed by atoms with Gasteiger partial charge in [0, 0.05) is 18.0 Å². The van der Waals surface area contributed by atoms with E-state index in [9.17, 15) is 0 Å². The lowest BCUT2D eigenvalue weighted by Crippen LogP contribution is -2.38. The number of nitrogens with zero attached hydrogens (tertiary/aromatic N) is 2. The first-order valence-corrected chi connectivity index (χ1v) is 7.01. The topological polar surface area (TPSA) is 29.9 Å². The van der Waals surface area contributed by atoms with E-state index in [1.54, 1.807) is 0 Å². The van der Waals surface area contributed by atoms with Gasteiger partial charge >= 0.3 is 0 Å². The third kappa shape index (κ3) is 2.13. The average Bonchev–Trinajstić information content (AvgIpc) is 2.85. The fraction of sp³-hybridized carbons (Fsp3) is 0.750. The Morgan fingerprint density at radius 3 is 3.00 bits per heavy atom. The van der Waals surface area contributed by atoms with Gasteiger partial charge in [0.05, 0.1) is 11.7 Å². The molecule has 0 amide bonds. The van der Waals surface area contributed by atoms with Crippen LogP contribution in [-0.2, 0) is 7.05 Å². The van der Waals surface area contributed by atoms with Crippen molar-refractivity contribution in [1.29, 1.82) is 0 Å². The third-order valence-corrected chi connectivity index (χ3v) is 5.01. The number of thioether (sulfide) groups is 1. The molecule has 4 heteroatoms. The summed E-state index contributed by atoms with van der Waals surface area (Å²) in [5, 5.41) is 7.92. The molecular formula is C12H21N3S. The molecule has 90 valence electrons. The first kappa shape index (κ1) is 12.0. The van der Waals surface area contributed by atoms with Crippen molar-refractivity contribution < 1.29 is 0 Å². The minimum Gasteiger partial charge on any atom is -0.308 e. The molecule has 2 atom stereocenters. The Kier molecular flexibility index (Phi) is 3.60. The van der Waals surface area contributed by atoms with Gasteiger partial charge in [-0.2, -0.15) is 16.9 Å². The SMILES string of the molecule is CCNC(c1ccnn1C)C1(C)CCCS1. The second-order valence-corrected chi connectivity index (χ2v) is 6.26. The van der Waals surface area contributed by atoms with Crippen LogP contribution in [0.3, 0.4) is 0 Å². The summed E-state index contributed by atoms with van der Waals surface area (Å²) in [7, 11) is 2.03. The summed E-state index contributed by atoms with van der Waals surface area (Å²) < 4.78 is 2.32. The molecule has 2 heterocycles. The van der Waals surface area contributed by atoms with E-state index in [1.807, 2.05) is 17.9 Å². The van der Waals surface area contributed by atoms with Gasteiger partial charge in [-0.1, -0.05) is 6.92 Å². The van der Waals surface area contributed by atoms with E-state index in [0.717, 1.165) is 6.54 Å². The Labute approximate surface area is 102 Å². The Bertz CT molecular complexity index is 342. The van der Waals surface area contributed by atoms with Gasteiger partial charge in [-0.15, -0.1) is 0 Å². The number of hydrogen-bond acceptors (Lipinski definition) is 3. The summed E-state index contributed by atoms with van der Waals surface area (Å²) >= 11 is 2.10. The van der Waals surface area contributed by atoms with Gasteiger partial charge in [-0.25, -0.2) is 0 Å². The van der Waals surface area contributed by atoms with E-state index < -0.39 is 0 Å². The van der Waals surface area contributed by atoms with Crippen LogP contribution in [0.5, 0.6) is 0 Å². The molecule has 1 aliphatic rings. The summed E-state index contributed by atoms with van der Waals surface area (Å²) in [6.07, 6.45) is 4.52. The monoisotopic (exact) mass is 239 g/mol. The van der Waals surface area contributed by atoms with Gasteiger partial charge in [-0.3, -0.25) is 4.68 Å². The highest BCUT2D eigenvalue weighted by molar-refractivity contribution is 8.00. The summed E-state index contributed by atoms with van der Waals surface area (Å²) in [6, 6.07) is 2.55. The molecule has 0 saturated carbocycles. The van der Waals surface area contributed by atoms with Gasteiger partial charge < -0.3 is 5.32 Å². The van der Waals surface area contributed by atoms with Gasteiger partial charge in [0.15, 0.2) is 0 Å². The Morgan fingerprint density at radius 1 is 1.69 bits per heavy atom. The lowest BCUT2D eigenvalue weighted by molar-refractivity contribution is 0.400. The summed E-state index contributed by atoms with van der Waals surface area (Å²) in [4.78, 5) is 0. The summed E-state index contributed by atoms with van der Waals surface area (Å²) in [5.41, 5.74) is 1.30. The third-order valence-electron chi connectivity index (χ3n) is 3.42. The largest absolute Gasteiger partial charge is 0.308 e. The standard InChI is InChI=1S/C12H21N3S/c1-4-13-11(10-6-8-14-15(10)3)12(2)7-5-9-16-12/h6,8,11,13H,4-5,7,9H2,1-3H3. The van der Waals surface area contributed by atoms with Crippen LogP contribution in [0, 0.1) is 0 Å². The Hall–Kier alpha value is -0.480. The van der Waals surface area contributed by atoms with Crippen molar-refractivity contribution in [3.05, 3.63) is 18.0 Å². The average molecular weight is 239 g/mol. The highest BCUT2D eigenvalue weighted by Gasteiger charge is 2.39. The van der Waals surface area contributed by atoms with Crippen LogP contribution in [0.15, 0.2) is 12.3 Å². The molecule has 0 aromatic carbocycles. The molecule has 2 unspecified atom stereocenters. The van der Waals surface area contributed by atoms with Crippen LogP contribution in [0.25, 0.3) is 0 Å². The zero-order valence-electron chi connectivity index (χ0n) is 10.4. The summed E-state index contributed by atoms with van der Waals surface area (Å²) in [5.74, 6) is 1.29. The molecule has 0 radical (unpaired) electrons. The van der Waals surface area contributed by atoms with Gasteiger partial charge in [0.2, 0.25) is 0 Å². The predicted octanol–water partition coefficient (Wildman–Crippen LogP) is 2.36. The van der Waals surface area contributed by atoms with Gasteiger partial charge in [0.1, 0.15) is 0 Å². The molecule has 3 nitrogen and oxygen atoms in total. The Balaban J connectivity index is 2.26. The van der Waals surface area contributed by atoms with E-state index >= 15 is 0 Å². The number of nitrogens with one attached hydrogen (secondary N) is 1. The first-order valence-electron chi connectivity index (χ1n) is 6.02. The number of rotatable bonds is 4. The van der Waals surface area contributed by atoms with Crippen molar-refractivity contribution in [3.8, 4) is 0 Å². The van der Waals surface area contributed by atoms with Crippen LogP contribution in [0.2, 0.25) is 0 Å². The number of aromatic nitrogens is 2. The van der Waals surface area contributed by atoms with Gasteiger partial charge in [-0.05, 0) is 38.1 Å². The minimum absolute atomic E-state index is 0.323.